The highest BCUT2D eigenvalue weighted by atomic mass is 32.2. The van der Waals surface area contributed by atoms with Crippen LogP contribution in [0.25, 0.3) is 0 Å². The summed E-state index contributed by atoms with van der Waals surface area (Å²) < 4.78 is 32.7. The quantitative estimate of drug-likeness (QED) is 0.582. The lowest BCUT2D eigenvalue weighted by Crippen LogP contribution is -2.53. The van der Waals surface area contributed by atoms with Crippen LogP contribution in [0.4, 0.5) is 0 Å². The lowest BCUT2D eigenvalue weighted by Gasteiger charge is -2.29. The number of ether oxygens (including phenoxy) is 1. The zero-order valence-corrected chi connectivity index (χ0v) is 18.1. The van der Waals surface area contributed by atoms with Gasteiger partial charge in [-0.3, -0.25) is 9.59 Å². The Morgan fingerprint density at radius 2 is 1.87 bits per heavy atom. The monoisotopic (exact) mass is 440 g/mol. The summed E-state index contributed by atoms with van der Waals surface area (Å²) in [7, 11) is -4.00. The molecule has 10 heteroatoms. The molecule has 2 rings (SSSR count). The van der Waals surface area contributed by atoms with E-state index in [1.165, 1.54) is 4.90 Å². The number of hydrogen-bond donors (Lipinski definition) is 2. The van der Waals surface area contributed by atoms with Gasteiger partial charge < -0.3 is 14.7 Å². The number of esters is 1. The van der Waals surface area contributed by atoms with Crippen LogP contribution in [-0.2, 0) is 34.9 Å². The van der Waals surface area contributed by atoms with Crippen molar-refractivity contribution in [1.82, 2.24) is 9.62 Å². The molecular weight excluding hydrogens is 412 g/mol. The lowest BCUT2D eigenvalue weighted by atomic mass is 10.1. The molecule has 0 radical (unpaired) electrons. The van der Waals surface area contributed by atoms with Gasteiger partial charge in [-0.15, -0.1) is 0 Å². The first-order valence-corrected chi connectivity index (χ1v) is 11.3. The molecule has 1 aliphatic heterocycles. The number of aliphatic carboxylic acids is 1. The predicted molar refractivity (Wildman–Crippen MR) is 109 cm³/mol. The Morgan fingerprint density at radius 1 is 1.23 bits per heavy atom. The predicted octanol–water partition coefficient (Wildman–Crippen LogP) is 1.28. The van der Waals surface area contributed by atoms with E-state index in [9.17, 15) is 27.9 Å². The van der Waals surface area contributed by atoms with Crippen molar-refractivity contribution in [2.75, 3.05) is 6.54 Å². The Bertz CT molecular complexity index is 878. The number of hydrogen-bond acceptors (Lipinski definition) is 6. The molecule has 1 fully saturated rings. The minimum atomic E-state index is -4.00. The number of carboxylic acid groups (broad SMARTS) is 1. The number of carbonyl (C=O) groups excluding carboxylic acids is 2. The lowest BCUT2D eigenvalue weighted by molar-refractivity contribution is -0.163. The van der Waals surface area contributed by atoms with Gasteiger partial charge in [0, 0.05) is 6.54 Å². The van der Waals surface area contributed by atoms with Crippen LogP contribution in [0.5, 0.6) is 0 Å². The van der Waals surface area contributed by atoms with E-state index in [4.69, 9.17) is 4.74 Å². The van der Waals surface area contributed by atoms with E-state index in [0.29, 0.717) is 18.4 Å². The first-order valence-electron chi connectivity index (χ1n) is 9.67. The van der Waals surface area contributed by atoms with Crippen LogP contribution >= 0.6 is 0 Å². The van der Waals surface area contributed by atoms with Crippen molar-refractivity contribution in [3.05, 3.63) is 35.9 Å². The zero-order chi connectivity index (χ0) is 22.5. The highest BCUT2D eigenvalue weighted by molar-refractivity contribution is 7.88. The molecule has 1 aliphatic rings. The average molecular weight is 441 g/mol. The van der Waals surface area contributed by atoms with Gasteiger partial charge in [-0.1, -0.05) is 30.3 Å². The van der Waals surface area contributed by atoms with Crippen molar-refractivity contribution in [1.29, 1.82) is 0 Å². The van der Waals surface area contributed by atoms with E-state index < -0.39 is 57.7 Å². The molecule has 2 atom stereocenters. The normalized spacial score (nSPS) is 18.1. The van der Waals surface area contributed by atoms with Gasteiger partial charge in [-0.25, -0.2) is 17.9 Å². The first-order chi connectivity index (χ1) is 13.9. The molecule has 2 unspecified atom stereocenters. The highest BCUT2D eigenvalue weighted by Gasteiger charge is 2.40. The molecule has 0 bridgehead atoms. The maximum Gasteiger partial charge on any atom is 0.329 e. The van der Waals surface area contributed by atoms with Crippen LogP contribution in [0, 0.1) is 0 Å². The minimum Gasteiger partial charge on any atom is -0.481 e. The van der Waals surface area contributed by atoms with E-state index in [1.54, 1.807) is 51.1 Å². The van der Waals surface area contributed by atoms with Gasteiger partial charge in [0.15, 0.2) is 0 Å². The summed E-state index contributed by atoms with van der Waals surface area (Å²) >= 11 is 0. The smallest absolute Gasteiger partial charge is 0.329 e. The van der Waals surface area contributed by atoms with Gasteiger partial charge in [0.25, 0.3) is 0 Å². The number of likely N-dealkylation sites (tertiary alicyclic amines) is 1. The summed E-state index contributed by atoms with van der Waals surface area (Å²) in [6.45, 7) is 5.34. The van der Waals surface area contributed by atoms with Crippen molar-refractivity contribution in [3.63, 3.8) is 0 Å². The number of carbonyl (C=O) groups is 3. The number of nitrogens with one attached hydrogen (secondary N) is 1. The number of benzene rings is 1. The average Bonchev–Trinajstić information content (AvgIpc) is 3.08. The molecular formula is C20H28N2O7S. The van der Waals surface area contributed by atoms with Crippen LogP contribution in [-0.4, -0.2) is 60.5 Å². The fourth-order valence-electron chi connectivity index (χ4n) is 3.25. The molecule has 1 aromatic rings. The van der Waals surface area contributed by atoms with Crippen LogP contribution in [0.1, 0.15) is 45.6 Å². The highest BCUT2D eigenvalue weighted by Crippen LogP contribution is 2.23. The van der Waals surface area contributed by atoms with Gasteiger partial charge in [0.05, 0.1) is 12.2 Å². The molecule has 0 saturated carbocycles. The molecule has 0 aromatic heterocycles. The summed E-state index contributed by atoms with van der Waals surface area (Å²) in [6.07, 6.45) is 0.174. The van der Waals surface area contributed by atoms with Crippen LogP contribution in [0.15, 0.2) is 30.3 Å². The van der Waals surface area contributed by atoms with Crippen molar-refractivity contribution < 1.29 is 32.6 Å². The van der Waals surface area contributed by atoms with Crippen LogP contribution in [0.3, 0.4) is 0 Å². The maximum atomic E-state index is 13.0. The van der Waals surface area contributed by atoms with E-state index in [2.05, 4.69) is 4.72 Å². The molecule has 9 nitrogen and oxygen atoms in total. The van der Waals surface area contributed by atoms with Gasteiger partial charge >= 0.3 is 11.9 Å². The third-order valence-electron chi connectivity index (χ3n) is 4.41. The van der Waals surface area contributed by atoms with E-state index in [1.807, 2.05) is 0 Å². The third kappa shape index (κ3) is 7.10. The molecule has 2 N–H and O–H groups in total. The fraction of sp³-hybridized carbons (Fsp3) is 0.550. The molecule has 1 saturated heterocycles. The van der Waals surface area contributed by atoms with Crippen molar-refractivity contribution >= 4 is 27.9 Å². The number of rotatable bonds is 8. The van der Waals surface area contributed by atoms with Crippen LogP contribution in [0.2, 0.25) is 0 Å². The van der Waals surface area contributed by atoms with E-state index in [-0.39, 0.29) is 6.54 Å². The van der Waals surface area contributed by atoms with Crippen molar-refractivity contribution in [3.8, 4) is 0 Å². The Morgan fingerprint density at radius 3 is 2.43 bits per heavy atom. The summed E-state index contributed by atoms with van der Waals surface area (Å²) in [5, 5.41) is 9.19. The van der Waals surface area contributed by atoms with Crippen molar-refractivity contribution in [2.45, 2.75) is 63.5 Å². The van der Waals surface area contributed by atoms with E-state index in [0.717, 1.165) is 0 Å². The molecule has 1 aromatic carbocycles. The van der Waals surface area contributed by atoms with Gasteiger partial charge in [0.1, 0.15) is 17.7 Å². The second-order valence-electron chi connectivity index (χ2n) is 8.24. The zero-order valence-electron chi connectivity index (χ0n) is 17.3. The number of amides is 1. The first kappa shape index (κ1) is 23.8. The molecule has 0 spiro atoms. The van der Waals surface area contributed by atoms with Gasteiger partial charge in [-0.2, -0.15) is 0 Å². The van der Waals surface area contributed by atoms with Crippen LogP contribution < -0.4 is 4.72 Å². The Labute approximate surface area is 176 Å². The Kier molecular flexibility index (Phi) is 7.59. The maximum absolute atomic E-state index is 13.0. The molecule has 1 heterocycles. The van der Waals surface area contributed by atoms with Gasteiger partial charge in [-0.05, 0) is 39.2 Å². The summed E-state index contributed by atoms with van der Waals surface area (Å²) in [6, 6.07) is 5.95. The summed E-state index contributed by atoms with van der Waals surface area (Å²) in [4.78, 5) is 38.0. The second-order valence-corrected chi connectivity index (χ2v) is 9.99. The standard InChI is InChI=1S/C20H28N2O7S/c1-20(2,3)29-19(26)16-10-7-11-22(16)18(25)15(12-17(23)24)21-30(27,28)13-14-8-5-4-6-9-14/h4-6,8-9,15-16,21H,7,10-13H2,1-3H3,(H,23,24). The number of nitrogens with zero attached hydrogens (tertiary/aromatic N) is 1. The largest absolute Gasteiger partial charge is 0.481 e. The third-order valence-corrected chi connectivity index (χ3v) is 5.77. The number of carboxylic acids is 1. The molecule has 1 amide bonds. The molecule has 166 valence electrons. The molecule has 30 heavy (non-hydrogen) atoms. The topological polar surface area (TPSA) is 130 Å². The van der Waals surface area contributed by atoms with E-state index >= 15 is 0 Å². The number of sulfonamides is 1. The molecule has 0 aliphatic carbocycles. The Hall–Kier alpha value is -2.46. The van der Waals surface area contributed by atoms with Gasteiger partial charge in [0.2, 0.25) is 15.9 Å². The van der Waals surface area contributed by atoms with Crippen molar-refractivity contribution in [2.24, 2.45) is 0 Å². The Balaban J connectivity index is 2.18. The minimum absolute atomic E-state index is 0.222. The SMILES string of the molecule is CC(C)(C)OC(=O)C1CCCN1C(=O)C(CC(=O)O)NS(=O)(=O)Cc1ccccc1. The second kappa shape index (κ2) is 9.57. The summed E-state index contributed by atoms with van der Waals surface area (Å²) in [5.41, 5.74) is -0.245. The fourth-order valence-corrected chi connectivity index (χ4v) is 4.58. The summed E-state index contributed by atoms with van der Waals surface area (Å²) in [5.74, 6) is -3.06.